The van der Waals surface area contributed by atoms with Crippen molar-refractivity contribution < 1.29 is 4.79 Å². The van der Waals surface area contributed by atoms with Crippen LogP contribution in [0.25, 0.3) is 11.0 Å². The number of benzene rings is 1. The van der Waals surface area contributed by atoms with E-state index in [0.29, 0.717) is 6.42 Å². The number of aryl methyl sites for hydroxylation is 2. The first kappa shape index (κ1) is 8.94. The summed E-state index contributed by atoms with van der Waals surface area (Å²) in [5, 5.41) is 0. The number of carbonyl (C=O) groups is 1. The van der Waals surface area contributed by atoms with Crippen LogP contribution in [-0.4, -0.2) is 15.8 Å². The molecule has 2 aromatic rings. The lowest BCUT2D eigenvalue weighted by atomic mass is 10.3. The fourth-order valence-corrected chi connectivity index (χ4v) is 1.66. The van der Waals surface area contributed by atoms with Gasteiger partial charge in [0.1, 0.15) is 12.1 Å². The first-order chi connectivity index (χ1) is 6.83. The van der Waals surface area contributed by atoms with Gasteiger partial charge in [0, 0.05) is 13.0 Å². The second-order valence-electron chi connectivity index (χ2n) is 3.25. The number of para-hydroxylation sites is 2. The Morgan fingerprint density at radius 3 is 3.00 bits per heavy atom. The molecule has 0 atom stereocenters. The van der Waals surface area contributed by atoms with Gasteiger partial charge in [0.2, 0.25) is 0 Å². The van der Waals surface area contributed by atoms with E-state index in [4.69, 9.17) is 0 Å². The second-order valence-corrected chi connectivity index (χ2v) is 3.25. The first-order valence-electron chi connectivity index (χ1n) is 4.68. The Morgan fingerprint density at radius 1 is 1.43 bits per heavy atom. The van der Waals surface area contributed by atoms with Crippen LogP contribution in [0, 0.1) is 6.92 Å². The van der Waals surface area contributed by atoms with Crippen molar-refractivity contribution in [3.8, 4) is 0 Å². The fourth-order valence-electron chi connectivity index (χ4n) is 1.66. The van der Waals surface area contributed by atoms with Gasteiger partial charge >= 0.3 is 0 Å². The van der Waals surface area contributed by atoms with Crippen LogP contribution in [0.4, 0.5) is 0 Å². The Bertz CT molecular complexity index is 459. The lowest BCUT2D eigenvalue weighted by Gasteiger charge is -2.02. The summed E-state index contributed by atoms with van der Waals surface area (Å²) in [5.74, 6) is 0.966. The zero-order chi connectivity index (χ0) is 9.97. The topological polar surface area (TPSA) is 34.9 Å². The van der Waals surface area contributed by atoms with Crippen LogP contribution in [0.3, 0.4) is 0 Å². The molecule has 1 heterocycles. The minimum atomic E-state index is 0.543. The van der Waals surface area contributed by atoms with Crippen LogP contribution in [0.15, 0.2) is 24.3 Å². The highest BCUT2D eigenvalue weighted by atomic mass is 16.1. The molecule has 14 heavy (non-hydrogen) atoms. The van der Waals surface area contributed by atoms with E-state index in [1.165, 1.54) is 0 Å². The van der Waals surface area contributed by atoms with Gasteiger partial charge in [-0.2, -0.15) is 0 Å². The molecular formula is C11H12N2O. The minimum absolute atomic E-state index is 0.543. The molecule has 0 N–H and O–H groups in total. The lowest BCUT2D eigenvalue weighted by molar-refractivity contribution is -0.108. The molecule has 1 aromatic carbocycles. The molecule has 0 fully saturated rings. The molecule has 0 aliphatic rings. The third kappa shape index (κ3) is 1.41. The van der Waals surface area contributed by atoms with Crippen molar-refractivity contribution in [2.24, 2.45) is 0 Å². The zero-order valence-electron chi connectivity index (χ0n) is 8.10. The van der Waals surface area contributed by atoms with Crippen molar-refractivity contribution in [1.29, 1.82) is 0 Å². The molecule has 3 nitrogen and oxygen atoms in total. The van der Waals surface area contributed by atoms with Crippen molar-refractivity contribution in [3.05, 3.63) is 30.1 Å². The van der Waals surface area contributed by atoms with Gasteiger partial charge in [-0.3, -0.25) is 0 Å². The number of carbonyl (C=O) groups excluding carboxylic acids is 1. The minimum Gasteiger partial charge on any atom is -0.328 e. The summed E-state index contributed by atoms with van der Waals surface area (Å²) in [6, 6.07) is 7.97. The molecular weight excluding hydrogens is 176 g/mol. The maximum atomic E-state index is 10.3. The van der Waals surface area contributed by atoms with Crippen molar-refractivity contribution in [2.45, 2.75) is 19.9 Å². The number of rotatable bonds is 3. The molecule has 0 aliphatic heterocycles. The highest BCUT2D eigenvalue weighted by molar-refractivity contribution is 5.75. The van der Waals surface area contributed by atoms with Crippen LogP contribution in [0.2, 0.25) is 0 Å². The number of aromatic nitrogens is 2. The Labute approximate surface area is 82.4 Å². The Kier molecular flexibility index (Phi) is 2.31. The molecule has 0 spiro atoms. The van der Waals surface area contributed by atoms with Crippen LogP contribution < -0.4 is 0 Å². The van der Waals surface area contributed by atoms with E-state index in [9.17, 15) is 4.79 Å². The normalized spacial score (nSPS) is 10.6. The predicted molar refractivity (Wildman–Crippen MR) is 55.2 cm³/mol. The molecule has 3 heteroatoms. The number of fused-ring (bicyclic) bond motifs is 1. The summed E-state index contributed by atoms with van der Waals surface area (Å²) in [6.07, 6.45) is 1.48. The first-order valence-corrected chi connectivity index (χ1v) is 4.68. The SMILES string of the molecule is Cc1nc2ccccc2n1CCC=O. The summed E-state index contributed by atoms with van der Waals surface area (Å²) in [6.45, 7) is 2.68. The van der Waals surface area contributed by atoms with E-state index in [1.54, 1.807) is 0 Å². The molecule has 0 radical (unpaired) electrons. The molecule has 0 bridgehead atoms. The number of nitrogens with zero attached hydrogens (tertiary/aromatic N) is 2. The summed E-state index contributed by atoms with van der Waals surface area (Å²) >= 11 is 0. The van der Waals surface area contributed by atoms with Gasteiger partial charge in [-0.25, -0.2) is 4.98 Å². The molecule has 72 valence electrons. The summed E-state index contributed by atoms with van der Waals surface area (Å²) in [7, 11) is 0. The maximum absolute atomic E-state index is 10.3. The molecule has 2 rings (SSSR count). The van der Waals surface area contributed by atoms with Crippen LogP contribution in [-0.2, 0) is 11.3 Å². The fraction of sp³-hybridized carbons (Fsp3) is 0.273. The zero-order valence-corrected chi connectivity index (χ0v) is 8.10. The predicted octanol–water partition coefficient (Wildman–Crippen LogP) is 1.93. The van der Waals surface area contributed by atoms with Crippen LogP contribution >= 0.6 is 0 Å². The average Bonchev–Trinajstić information content (AvgIpc) is 2.51. The second kappa shape index (κ2) is 3.62. The summed E-state index contributed by atoms with van der Waals surface area (Å²) < 4.78 is 2.07. The molecule has 0 saturated heterocycles. The third-order valence-corrected chi connectivity index (χ3v) is 2.32. The van der Waals surface area contributed by atoms with Crippen LogP contribution in [0.5, 0.6) is 0 Å². The van der Waals surface area contributed by atoms with Crippen molar-refractivity contribution in [3.63, 3.8) is 0 Å². The average molecular weight is 188 g/mol. The van der Waals surface area contributed by atoms with Crippen molar-refractivity contribution in [1.82, 2.24) is 9.55 Å². The van der Waals surface area contributed by atoms with E-state index in [2.05, 4.69) is 9.55 Å². The van der Waals surface area contributed by atoms with Gasteiger partial charge in [-0.1, -0.05) is 12.1 Å². The lowest BCUT2D eigenvalue weighted by Crippen LogP contribution is -2.00. The molecule has 0 unspecified atom stereocenters. The van der Waals surface area contributed by atoms with Gasteiger partial charge < -0.3 is 9.36 Å². The monoisotopic (exact) mass is 188 g/mol. The van der Waals surface area contributed by atoms with Gasteiger partial charge in [0.25, 0.3) is 0 Å². The van der Waals surface area contributed by atoms with Gasteiger partial charge in [-0.05, 0) is 19.1 Å². The third-order valence-electron chi connectivity index (χ3n) is 2.32. The number of imidazole rings is 1. The smallest absolute Gasteiger partial charge is 0.121 e. The quantitative estimate of drug-likeness (QED) is 0.690. The molecule has 1 aromatic heterocycles. The van der Waals surface area contributed by atoms with Gasteiger partial charge in [0.05, 0.1) is 11.0 Å². The molecule has 0 saturated carbocycles. The number of hydrogen-bond donors (Lipinski definition) is 0. The van der Waals surface area contributed by atoms with Crippen molar-refractivity contribution >= 4 is 17.3 Å². The highest BCUT2D eigenvalue weighted by Crippen LogP contribution is 2.15. The summed E-state index contributed by atoms with van der Waals surface area (Å²) in [5.41, 5.74) is 2.10. The Morgan fingerprint density at radius 2 is 2.21 bits per heavy atom. The van der Waals surface area contributed by atoms with Crippen LogP contribution in [0.1, 0.15) is 12.2 Å². The molecule has 0 aliphatic carbocycles. The van der Waals surface area contributed by atoms with E-state index < -0.39 is 0 Å². The number of aldehydes is 1. The van der Waals surface area contributed by atoms with Crippen molar-refractivity contribution in [2.75, 3.05) is 0 Å². The highest BCUT2D eigenvalue weighted by Gasteiger charge is 2.04. The Balaban J connectivity index is 2.50. The number of hydrogen-bond acceptors (Lipinski definition) is 2. The molecule has 0 amide bonds. The maximum Gasteiger partial charge on any atom is 0.121 e. The standard InChI is InChI=1S/C11H12N2O/c1-9-12-10-5-2-3-6-11(10)13(9)7-4-8-14/h2-3,5-6,8H,4,7H2,1H3. The Hall–Kier alpha value is -1.64. The largest absolute Gasteiger partial charge is 0.328 e. The van der Waals surface area contributed by atoms with E-state index in [-0.39, 0.29) is 0 Å². The van der Waals surface area contributed by atoms with E-state index >= 15 is 0 Å². The van der Waals surface area contributed by atoms with Gasteiger partial charge in [0.15, 0.2) is 0 Å². The van der Waals surface area contributed by atoms with E-state index in [1.807, 2.05) is 31.2 Å². The van der Waals surface area contributed by atoms with Gasteiger partial charge in [-0.15, -0.1) is 0 Å². The van der Waals surface area contributed by atoms with E-state index in [0.717, 1.165) is 29.7 Å². The summed E-state index contributed by atoms with van der Waals surface area (Å²) in [4.78, 5) is 14.7.